The Morgan fingerprint density at radius 1 is 1.08 bits per heavy atom. The fraction of sp³-hybridized carbons (Fsp3) is 0.0526. The lowest BCUT2D eigenvalue weighted by Gasteiger charge is -2.09. The zero-order valence-corrected chi connectivity index (χ0v) is 13.2. The van der Waals surface area contributed by atoms with Gasteiger partial charge in [-0.25, -0.2) is 4.39 Å². The van der Waals surface area contributed by atoms with Gasteiger partial charge in [-0.3, -0.25) is 4.79 Å². The first kappa shape index (κ1) is 16.4. The predicted molar refractivity (Wildman–Crippen MR) is 90.5 cm³/mol. The number of nitrogens with one attached hydrogen (secondary N) is 1. The minimum atomic E-state index is -0.501. The molecule has 1 amide bonds. The van der Waals surface area contributed by atoms with Crippen LogP contribution in [0.1, 0.15) is 16.1 Å². The van der Waals surface area contributed by atoms with Crippen LogP contribution in [0.4, 0.5) is 10.1 Å². The van der Waals surface area contributed by atoms with E-state index in [0.29, 0.717) is 16.2 Å². The molecule has 6 heteroatoms. The summed E-state index contributed by atoms with van der Waals surface area (Å²) >= 11 is 0. The maximum absolute atomic E-state index is 13.1. The van der Waals surface area contributed by atoms with Crippen LogP contribution in [0.2, 0.25) is 0 Å². The van der Waals surface area contributed by atoms with Crippen LogP contribution in [0.15, 0.2) is 72.9 Å². The highest BCUT2D eigenvalue weighted by molar-refractivity contribution is 6.01. The van der Waals surface area contributed by atoms with Crippen LogP contribution >= 0.6 is 0 Å². The summed E-state index contributed by atoms with van der Waals surface area (Å²) in [6.45, 7) is 0.222. The van der Waals surface area contributed by atoms with Crippen LogP contribution in [0.5, 0.6) is 5.75 Å². The molecule has 3 rings (SSSR count). The number of amides is 1. The number of rotatable bonds is 5. The maximum Gasteiger partial charge on any atom is 0.321 e. The highest BCUT2D eigenvalue weighted by Gasteiger charge is 2.15. The number of nitrogens with zero attached hydrogens (tertiary/aromatic N) is 1. The normalized spacial score (nSPS) is 10.3. The number of ether oxygens (including phenoxy) is 1. The molecule has 5 nitrogen and oxygen atoms in total. The number of benzene rings is 2. The van der Waals surface area contributed by atoms with Gasteiger partial charge in [0.2, 0.25) is 0 Å². The van der Waals surface area contributed by atoms with E-state index in [1.165, 1.54) is 24.4 Å². The molecule has 0 fully saturated rings. The summed E-state index contributed by atoms with van der Waals surface area (Å²) in [5.41, 5.74) is 1.34. The Morgan fingerprint density at radius 3 is 2.72 bits per heavy atom. The summed E-state index contributed by atoms with van der Waals surface area (Å²) in [5.74, 6) is -0.447. The van der Waals surface area contributed by atoms with Gasteiger partial charge in [0, 0.05) is 23.9 Å². The SMILES string of the molecule is O=C(Nc1cccc(COc2cccc(F)c2)c1)c1cccc[n+]1[O-]. The lowest BCUT2D eigenvalue weighted by molar-refractivity contribution is -0.607. The van der Waals surface area contributed by atoms with Crippen LogP contribution in [-0.4, -0.2) is 5.91 Å². The van der Waals surface area contributed by atoms with E-state index in [-0.39, 0.29) is 18.1 Å². The molecule has 126 valence electrons. The number of aromatic nitrogens is 1. The molecule has 0 saturated carbocycles. The Bertz CT molecular complexity index is 899. The monoisotopic (exact) mass is 338 g/mol. The summed E-state index contributed by atoms with van der Waals surface area (Å²) < 4.78 is 19.2. The van der Waals surface area contributed by atoms with Crippen LogP contribution in [0, 0.1) is 11.0 Å². The van der Waals surface area contributed by atoms with Gasteiger partial charge in [0.05, 0.1) is 0 Å². The number of pyridine rings is 1. The fourth-order valence-electron chi connectivity index (χ4n) is 2.26. The molecule has 1 aromatic heterocycles. The first-order chi connectivity index (χ1) is 12.1. The summed E-state index contributed by atoms with van der Waals surface area (Å²) in [6.07, 6.45) is 1.26. The van der Waals surface area contributed by atoms with Crippen molar-refractivity contribution in [3.8, 4) is 5.75 Å². The van der Waals surface area contributed by atoms with Gasteiger partial charge >= 0.3 is 5.91 Å². The second-order valence-corrected chi connectivity index (χ2v) is 5.31. The van der Waals surface area contributed by atoms with Gasteiger partial charge in [-0.2, -0.15) is 4.73 Å². The molecule has 25 heavy (non-hydrogen) atoms. The van der Waals surface area contributed by atoms with Crippen molar-refractivity contribution in [1.29, 1.82) is 0 Å². The average Bonchev–Trinajstić information content (AvgIpc) is 2.61. The number of carbonyl (C=O) groups is 1. The van der Waals surface area contributed by atoms with E-state index in [1.807, 2.05) is 6.07 Å². The third-order valence-electron chi connectivity index (χ3n) is 3.44. The van der Waals surface area contributed by atoms with Gasteiger partial charge in [0.25, 0.3) is 5.69 Å². The lowest BCUT2D eigenvalue weighted by atomic mass is 10.2. The third-order valence-corrected chi connectivity index (χ3v) is 3.44. The maximum atomic E-state index is 13.1. The quantitative estimate of drug-likeness (QED) is 0.573. The van der Waals surface area contributed by atoms with E-state index in [9.17, 15) is 14.4 Å². The summed E-state index contributed by atoms with van der Waals surface area (Å²) in [5, 5.41) is 14.3. The molecule has 0 atom stereocenters. The van der Waals surface area contributed by atoms with Gasteiger partial charge in [0.15, 0.2) is 6.20 Å². The molecular weight excluding hydrogens is 323 g/mol. The van der Waals surface area contributed by atoms with E-state index in [2.05, 4.69) is 5.32 Å². The topological polar surface area (TPSA) is 65.3 Å². The van der Waals surface area contributed by atoms with E-state index < -0.39 is 5.91 Å². The highest BCUT2D eigenvalue weighted by atomic mass is 19.1. The van der Waals surface area contributed by atoms with Crippen molar-refractivity contribution in [2.24, 2.45) is 0 Å². The van der Waals surface area contributed by atoms with Crippen LogP contribution in [0.25, 0.3) is 0 Å². The number of hydrogen-bond acceptors (Lipinski definition) is 3. The Kier molecular flexibility index (Phi) is 4.89. The van der Waals surface area contributed by atoms with Gasteiger partial charge in [-0.1, -0.05) is 18.2 Å². The molecular formula is C19H15FN2O3. The highest BCUT2D eigenvalue weighted by Crippen LogP contribution is 2.16. The molecule has 0 bridgehead atoms. The average molecular weight is 338 g/mol. The minimum absolute atomic E-state index is 0.00362. The van der Waals surface area contributed by atoms with Crippen LogP contribution in [0.3, 0.4) is 0 Å². The largest absolute Gasteiger partial charge is 0.618 e. The number of anilines is 1. The molecule has 0 unspecified atom stereocenters. The molecule has 3 aromatic rings. The Morgan fingerprint density at radius 2 is 1.92 bits per heavy atom. The van der Waals surface area contributed by atoms with Gasteiger partial charge in [-0.05, 0) is 35.9 Å². The first-order valence-corrected chi connectivity index (χ1v) is 7.59. The minimum Gasteiger partial charge on any atom is -0.618 e. The molecule has 1 N–H and O–H groups in total. The van der Waals surface area contributed by atoms with Crippen LogP contribution in [-0.2, 0) is 6.61 Å². The van der Waals surface area contributed by atoms with Crippen LogP contribution < -0.4 is 14.8 Å². The van der Waals surface area contributed by atoms with E-state index in [4.69, 9.17) is 4.74 Å². The Labute approximate surface area is 143 Å². The lowest BCUT2D eigenvalue weighted by Crippen LogP contribution is -2.36. The van der Waals surface area contributed by atoms with Crippen molar-refractivity contribution < 1.29 is 18.7 Å². The molecule has 0 aliphatic carbocycles. The van der Waals surface area contributed by atoms with Gasteiger partial charge in [0.1, 0.15) is 18.2 Å². The molecule has 0 spiro atoms. The van der Waals surface area contributed by atoms with Crippen molar-refractivity contribution in [3.05, 3.63) is 95.2 Å². The van der Waals surface area contributed by atoms with Gasteiger partial charge < -0.3 is 15.3 Å². The first-order valence-electron chi connectivity index (χ1n) is 7.59. The standard InChI is InChI=1S/C19H15FN2O3/c20-15-6-4-8-17(12-15)25-13-14-5-3-7-16(11-14)21-19(23)18-9-1-2-10-22(18)24/h1-12H,13H2,(H,21,23). The zero-order chi connectivity index (χ0) is 17.6. The second kappa shape index (κ2) is 7.44. The van der Waals surface area contributed by atoms with Crippen molar-refractivity contribution in [1.82, 2.24) is 0 Å². The summed E-state index contributed by atoms with van der Waals surface area (Å²) in [4.78, 5) is 12.2. The predicted octanol–water partition coefficient (Wildman–Crippen LogP) is 3.29. The fourth-order valence-corrected chi connectivity index (χ4v) is 2.26. The molecule has 0 saturated heterocycles. The second-order valence-electron chi connectivity index (χ2n) is 5.31. The zero-order valence-electron chi connectivity index (χ0n) is 13.2. The molecule has 0 radical (unpaired) electrons. The molecule has 2 aromatic carbocycles. The number of carbonyl (C=O) groups excluding carboxylic acids is 1. The van der Waals surface area contributed by atoms with Crippen molar-refractivity contribution in [2.75, 3.05) is 5.32 Å². The summed E-state index contributed by atoms with van der Waals surface area (Å²) in [6, 6.07) is 17.5. The van der Waals surface area contributed by atoms with Crippen molar-refractivity contribution in [3.63, 3.8) is 0 Å². The summed E-state index contributed by atoms with van der Waals surface area (Å²) in [7, 11) is 0. The van der Waals surface area contributed by atoms with E-state index in [1.54, 1.807) is 42.5 Å². The smallest absolute Gasteiger partial charge is 0.321 e. The van der Waals surface area contributed by atoms with E-state index in [0.717, 1.165) is 5.56 Å². The molecule has 0 aliphatic rings. The Balaban J connectivity index is 1.67. The third kappa shape index (κ3) is 4.32. The van der Waals surface area contributed by atoms with Gasteiger partial charge in [-0.15, -0.1) is 0 Å². The molecule has 0 aliphatic heterocycles. The number of hydrogen-bond donors (Lipinski definition) is 1. The van der Waals surface area contributed by atoms with E-state index >= 15 is 0 Å². The molecule has 1 heterocycles. The number of halogens is 1. The van der Waals surface area contributed by atoms with Crippen molar-refractivity contribution in [2.45, 2.75) is 6.61 Å². The Hall–Kier alpha value is -3.41. The van der Waals surface area contributed by atoms with Crippen molar-refractivity contribution >= 4 is 11.6 Å².